The van der Waals surface area contributed by atoms with Crippen molar-refractivity contribution < 1.29 is 4.74 Å². The standard InChI is InChI=1S/C14H20N2O/c1-14(2,3)13-9-16(10-15-13)11-5-7-12(17-4)8-6-11/h5-8,10,13H,9H2,1-4H3/t13-/m0/s1. The average Bonchev–Trinajstić information content (AvgIpc) is 2.78. The quantitative estimate of drug-likeness (QED) is 0.783. The normalized spacial score (nSPS) is 19.8. The van der Waals surface area contributed by atoms with Crippen LogP contribution in [0.15, 0.2) is 29.3 Å². The predicted octanol–water partition coefficient (Wildman–Crippen LogP) is 2.96. The van der Waals surface area contributed by atoms with Crippen LogP contribution >= 0.6 is 0 Å². The second-order valence-corrected chi connectivity index (χ2v) is 5.50. The Labute approximate surface area is 103 Å². The second kappa shape index (κ2) is 4.40. The van der Waals surface area contributed by atoms with E-state index in [2.05, 4.69) is 42.8 Å². The Balaban J connectivity index is 2.08. The number of rotatable bonds is 2. The third-order valence-electron chi connectivity index (χ3n) is 3.16. The number of nitrogens with zero attached hydrogens (tertiary/aromatic N) is 2. The van der Waals surface area contributed by atoms with Gasteiger partial charge in [0.15, 0.2) is 0 Å². The van der Waals surface area contributed by atoms with E-state index in [9.17, 15) is 0 Å². The van der Waals surface area contributed by atoms with Gasteiger partial charge in [0.2, 0.25) is 0 Å². The maximum atomic E-state index is 5.16. The smallest absolute Gasteiger partial charge is 0.119 e. The summed E-state index contributed by atoms with van der Waals surface area (Å²) in [4.78, 5) is 6.77. The number of hydrogen-bond donors (Lipinski definition) is 0. The molecule has 0 aromatic heterocycles. The topological polar surface area (TPSA) is 24.8 Å². The lowest BCUT2D eigenvalue weighted by molar-refractivity contribution is 0.337. The molecule has 0 radical (unpaired) electrons. The Kier molecular flexibility index (Phi) is 3.09. The van der Waals surface area contributed by atoms with Gasteiger partial charge in [-0.3, -0.25) is 4.99 Å². The van der Waals surface area contributed by atoms with Crippen LogP contribution in [0.1, 0.15) is 20.8 Å². The summed E-state index contributed by atoms with van der Waals surface area (Å²) in [5.41, 5.74) is 1.39. The number of aliphatic imine (C=N–C) groups is 1. The largest absolute Gasteiger partial charge is 0.497 e. The highest BCUT2D eigenvalue weighted by atomic mass is 16.5. The number of hydrogen-bond acceptors (Lipinski definition) is 3. The second-order valence-electron chi connectivity index (χ2n) is 5.50. The zero-order valence-corrected chi connectivity index (χ0v) is 11.0. The van der Waals surface area contributed by atoms with Gasteiger partial charge in [-0.1, -0.05) is 20.8 Å². The van der Waals surface area contributed by atoms with Crippen LogP contribution in [0.4, 0.5) is 5.69 Å². The van der Waals surface area contributed by atoms with E-state index in [1.54, 1.807) is 7.11 Å². The van der Waals surface area contributed by atoms with E-state index in [-0.39, 0.29) is 5.41 Å². The van der Waals surface area contributed by atoms with Crippen LogP contribution in [0.25, 0.3) is 0 Å². The first kappa shape index (κ1) is 12.0. The molecule has 0 saturated carbocycles. The molecule has 3 nitrogen and oxygen atoms in total. The van der Waals surface area contributed by atoms with Crippen molar-refractivity contribution in [1.29, 1.82) is 0 Å². The molecule has 2 rings (SSSR count). The van der Waals surface area contributed by atoms with Gasteiger partial charge in [0.05, 0.1) is 19.5 Å². The van der Waals surface area contributed by atoms with E-state index in [0.717, 1.165) is 12.3 Å². The van der Waals surface area contributed by atoms with Crippen molar-refractivity contribution >= 4 is 12.0 Å². The summed E-state index contributed by atoms with van der Waals surface area (Å²) in [5.74, 6) is 0.886. The number of ether oxygens (including phenoxy) is 1. The van der Waals surface area contributed by atoms with Crippen LogP contribution in [-0.2, 0) is 0 Å². The maximum Gasteiger partial charge on any atom is 0.119 e. The number of benzene rings is 1. The molecule has 0 bridgehead atoms. The van der Waals surface area contributed by atoms with Crippen molar-refractivity contribution in [1.82, 2.24) is 0 Å². The fraction of sp³-hybridized carbons (Fsp3) is 0.500. The van der Waals surface area contributed by atoms with Crippen LogP contribution in [0.3, 0.4) is 0 Å². The first-order valence-electron chi connectivity index (χ1n) is 5.95. The van der Waals surface area contributed by atoms with Gasteiger partial charge in [-0.25, -0.2) is 0 Å². The summed E-state index contributed by atoms with van der Waals surface area (Å²) in [6, 6.07) is 8.46. The molecule has 0 spiro atoms. The molecule has 0 N–H and O–H groups in total. The van der Waals surface area contributed by atoms with Crippen LogP contribution in [0.2, 0.25) is 0 Å². The van der Waals surface area contributed by atoms with Crippen LogP contribution in [0, 0.1) is 5.41 Å². The van der Waals surface area contributed by atoms with Crippen LogP contribution in [-0.4, -0.2) is 26.0 Å². The van der Waals surface area contributed by atoms with E-state index >= 15 is 0 Å². The monoisotopic (exact) mass is 232 g/mol. The molecule has 1 aliphatic heterocycles. The fourth-order valence-corrected chi connectivity index (χ4v) is 1.88. The molecule has 3 heteroatoms. The molecule has 0 aliphatic carbocycles. The van der Waals surface area contributed by atoms with Gasteiger partial charge in [0.25, 0.3) is 0 Å². The lowest BCUT2D eigenvalue weighted by atomic mass is 9.87. The summed E-state index contributed by atoms with van der Waals surface area (Å²) in [7, 11) is 1.68. The van der Waals surface area contributed by atoms with Crippen molar-refractivity contribution in [2.75, 3.05) is 18.6 Å². The highest BCUT2D eigenvalue weighted by molar-refractivity contribution is 5.81. The van der Waals surface area contributed by atoms with Gasteiger partial charge in [-0.05, 0) is 29.7 Å². The first-order chi connectivity index (χ1) is 8.00. The van der Waals surface area contributed by atoms with E-state index in [1.165, 1.54) is 5.69 Å². The summed E-state index contributed by atoms with van der Waals surface area (Å²) >= 11 is 0. The molecule has 0 saturated heterocycles. The minimum Gasteiger partial charge on any atom is -0.497 e. The molecule has 0 unspecified atom stereocenters. The van der Waals surface area contributed by atoms with Gasteiger partial charge in [-0.15, -0.1) is 0 Å². The third-order valence-corrected chi connectivity index (χ3v) is 3.16. The highest BCUT2D eigenvalue weighted by Crippen LogP contribution is 2.28. The minimum absolute atomic E-state index is 0.220. The predicted molar refractivity (Wildman–Crippen MR) is 72.1 cm³/mol. The first-order valence-corrected chi connectivity index (χ1v) is 5.95. The molecule has 1 aliphatic rings. The average molecular weight is 232 g/mol. The van der Waals surface area contributed by atoms with Crippen LogP contribution < -0.4 is 9.64 Å². The summed E-state index contributed by atoms with van der Waals surface area (Å²) in [5, 5.41) is 0. The SMILES string of the molecule is COc1ccc(N2C=N[C@H](C(C)(C)C)C2)cc1. The van der Waals surface area contributed by atoms with Crippen molar-refractivity contribution in [3.63, 3.8) is 0 Å². The zero-order valence-electron chi connectivity index (χ0n) is 11.0. The summed E-state index contributed by atoms with van der Waals surface area (Å²) in [6.45, 7) is 7.64. The van der Waals surface area contributed by atoms with Crippen molar-refractivity contribution in [2.45, 2.75) is 26.8 Å². The summed E-state index contributed by atoms with van der Waals surface area (Å²) < 4.78 is 5.16. The highest BCUT2D eigenvalue weighted by Gasteiger charge is 2.29. The third kappa shape index (κ3) is 2.60. The molecule has 92 valence electrons. The van der Waals surface area contributed by atoms with E-state index in [0.29, 0.717) is 6.04 Å². The summed E-state index contributed by atoms with van der Waals surface area (Å²) in [6.07, 6.45) is 1.94. The Morgan fingerprint density at radius 3 is 2.35 bits per heavy atom. The van der Waals surface area contributed by atoms with E-state index < -0.39 is 0 Å². The number of anilines is 1. The fourth-order valence-electron chi connectivity index (χ4n) is 1.88. The van der Waals surface area contributed by atoms with Gasteiger partial charge in [0.1, 0.15) is 5.75 Å². The zero-order chi connectivity index (χ0) is 12.5. The van der Waals surface area contributed by atoms with Crippen molar-refractivity contribution in [2.24, 2.45) is 10.4 Å². The van der Waals surface area contributed by atoms with Gasteiger partial charge in [-0.2, -0.15) is 0 Å². The lowest BCUT2D eigenvalue weighted by Crippen LogP contribution is -2.31. The molecule has 17 heavy (non-hydrogen) atoms. The maximum absolute atomic E-state index is 5.16. The molecule has 0 amide bonds. The van der Waals surface area contributed by atoms with Gasteiger partial charge < -0.3 is 9.64 Å². The molecule has 1 aromatic rings. The molecular formula is C14H20N2O. The van der Waals surface area contributed by atoms with E-state index in [4.69, 9.17) is 4.74 Å². The Hall–Kier alpha value is -1.51. The van der Waals surface area contributed by atoms with Crippen molar-refractivity contribution in [3.05, 3.63) is 24.3 Å². The Morgan fingerprint density at radius 2 is 1.88 bits per heavy atom. The Morgan fingerprint density at radius 1 is 1.24 bits per heavy atom. The molecule has 0 fully saturated rings. The van der Waals surface area contributed by atoms with Crippen LogP contribution in [0.5, 0.6) is 5.75 Å². The van der Waals surface area contributed by atoms with E-state index in [1.807, 2.05) is 18.5 Å². The molecular weight excluding hydrogens is 212 g/mol. The minimum atomic E-state index is 0.220. The van der Waals surface area contributed by atoms with Gasteiger partial charge >= 0.3 is 0 Å². The van der Waals surface area contributed by atoms with Gasteiger partial charge in [0, 0.05) is 12.2 Å². The molecule has 1 atom stereocenters. The molecule has 1 aromatic carbocycles. The lowest BCUT2D eigenvalue weighted by Gasteiger charge is -2.25. The molecule has 1 heterocycles. The Bertz CT molecular complexity index is 403. The number of methoxy groups -OCH3 is 1. The van der Waals surface area contributed by atoms with Crippen molar-refractivity contribution in [3.8, 4) is 5.75 Å².